The van der Waals surface area contributed by atoms with E-state index in [0.717, 1.165) is 17.4 Å². The third-order valence-electron chi connectivity index (χ3n) is 3.58. The van der Waals surface area contributed by atoms with Gasteiger partial charge in [-0.3, -0.25) is 0 Å². The third-order valence-corrected chi connectivity index (χ3v) is 3.58. The van der Waals surface area contributed by atoms with E-state index in [-0.39, 0.29) is 0 Å². The molecular weight excluding hydrogens is 234 g/mol. The summed E-state index contributed by atoms with van der Waals surface area (Å²) in [6, 6.07) is 8.72. The van der Waals surface area contributed by atoms with Gasteiger partial charge in [0.15, 0.2) is 0 Å². The molecule has 0 fully saturated rings. The first-order chi connectivity index (χ1) is 9.08. The van der Waals surface area contributed by atoms with Crippen molar-refractivity contribution in [2.24, 2.45) is 13.0 Å². The second kappa shape index (κ2) is 6.09. The topological polar surface area (TPSA) is 29.9 Å². The van der Waals surface area contributed by atoms with E-state index in [1.54, 1.807) is 0 Å². The summed E-state index contributed by atoms with van der Waals surface area (Å²) in [5.74, 6) is 1.76. The number of aryl methyl sites for hydroxylation is 1. The normalized spacial score (nSPS) is 13.1. The lowest BCUT2D eigenvalue weighted by molar-refractivity contribution is 0.519. The van der Waals surface area contributed by atoms with Crippen molar-refractivity contribution in [1.82, 2.24) is 9.55 Å². The van der Waals surface area contributed by atoms with Crippen LogP contribution in [0.1, 0.15) is 40.0 Å². The predicted molar refractivity (Wildman–Crippen MR) is 82.5 cm³/mol. The number of hydrogen-bond acceptors (Lipinski definition) is 2. The molecule has 19 heavy (non-hydrogen) atoms. The van der Waals surface area contributed by atoms with E-state index >= 15 is 0 Å². The molecule has 1 aromatic carbocycles. The van der Waals surface area contributed by atoms with Crippen molar-refractivity contribution in [3.05, 3.63) is 24.3 Å². The van der Waals surface area contributed by atoms with Crippen LogP contribution in [-0.2, 0) is 7.05 Å². The molecule has 3 nitrogen and oxygen atoms in total. The Morgan fingerprint density at radius 3 is 2.58 bits per heavy atom. The van der Waals surface area contributed by atoms with Crippen LogP contribution in [0.15, 0.2) is 24.3 Å². The molecule has 1 aromatic heterocycles. The molecule has 1 heterocycles. The molecule has 1 N–H and O–H groups in total. The van der Waals surface area contributed by atoms with Crippen molar-refractivity contribution in [3.63, 3.8) is 0 Å². The highest BCUT2D eigenvalue weighted by Gasteiger charge is 2.09. The van der Waals surface area contributed by atoms with Gasteiger partial charge in [0.25, 0.3) is 0 Å². The summed E-state index contributed by atoms with van der Waals surface area (Å²) in [4.78, 5) is 4.65. The van der Waals surface area contributed by atoms with Crippen molar-refractivity contribution in [1.29, 1.82) is 0 Å². The standard InChI is InChI=1S/C16H25N3/c1-12(2)8-7-9-13(3)17-16-18-14-10-5-6-11-15(14)19(16)4/h5-6,10-13H,7-9H2,1-4H3,(H,17,18). The Hall–Kier alpha value is -1.51. The molecule has 2 aromatic rings. The van der Waals surface area contributed by atoms with Crippen LogP contribution >= 0.6 is 0 Å². The van der Waals surface area contributed by atoms with Gasteiger partial charge < -0.3 is 9.88 Å². The number of para-hydroxylation sites is 2. The van der Waals surface area contributed by atoms with E-state index in [0.29, 0.717) is 6.04 Å². The van der Waals surface area contributed by atoms with Gasteiger partial charge in [-0.1, -0.05) is 38.8 Å². The van der Waals surface area contributed by atoms with E-state index in [2.05, 4.69) is 60.9 Å². The van der Waals surface area contributed by atoms with Crippen LogP contribution in [0.2, 0.25) is 0 Å². The molecule has 0 aliphatic heterocycles. The fourth-order valence-electron chi connectivity index (χ4n) is 2.40. The first-order valence-electron chi connectivity index (χ1n) is 7.26. The van der Waals surface area contributed by atoms with Gasteiger partial charge in [-0.15, -0.1) is 0 Å². The number of rotatable bonds is 6. The fraction of sp³-hybridized carbons (Fsp3) is 0.562. The minimum Gasteiger partial charge on any atom is -0.353 e. The Morgan fingerprint density at radius 1 is 1.16 bits per heavy atom. The first-order valence-corrected chi connectivity index (χ1v) is 7.26. The Labute approximate surface area is 116 Å². The number of nitrogens with one attached hydrogen (secondary N) is 1. The number of aromatic nitrogens is 2. The highest BCUT2D eigenvalue weighted by Crippen LogP contribution is 2.19. The molecule has 0 amide bonds. The molecule has 0 saturated heterocycles. The number of imidazole rings is 1. The monoisotopic (exact) mass is 259 g/mol. The minimum atomic E-state index is 0.467. The quantitative estimate of drug-likeness (QED) is 0.842. The molecule has 0 bridgehead atoms. The van der Waals surface area contributed by atoms with Crippen molar-refractivity contribution >= 4 is 17.0 Å². The smallest absolute Gasteiger partial charge is 0.203 e. The van der Waals surface area contributed by atoms with Crippen molar-refractivity contribution in [2.45, 2.75) is 46.1 Å². The van der Waals surface area contributed by atoms with E-state index in [9.17, 15) is 0 Å². The zero-order valence-corrected chi connectivity index (χ0v) is 12.5. The number of nitrogens with zero attached hydrogens (tertiary/aromatic N) is 2. The second-order valence-corrected chi connectivity index (χ2v) is 5.85. The Balaban J connectivity index is 1.99. The number of benzene rings is 1. The molecule has 0 spiro atoms. The zero-order chi connectivity index (χ0) is 13.8. The van der Waals surface area contributed by atoms with Crippen LogP contribution in [0.3, 0.4) is 0 Å². The van der Waals surface area contributed by atoms with Gasteiger partial charge in [0.05, 0.1) is 11.0 Å². The van der Waals surface area contributed by atoms with Crippen molar-refractivity contribution < 1.29 is 0 Å². The molecule has 2 rings (SSSR count). The van der Waals surface area contributed by atoms with Crippen LogP contribution in [-0.4, -0.2) is 15.6 Å². The predicted octanol–water partition coefficient (Wildman–Crippen LogP) is 4.20. The lowest BCUT2D eigenvalue weighted by Crippen LogP contribution is -2.17. The van der Waals surface area contributed by atoms with Crippen molar-refractivity contribution in [3.8, 4) is 0 Å². The highest BCUT2D eigenvalue weighted by atomic mass is 15.2. The second-order valence-electron chi connectivity index (χ2n) is 5.85. The van der Waals surface area contributed by atoms with Crippen LogP contribution in [0.25, 0.3) is 11.0 Å². The van der Waals surface area contributed by atoms with Gasteiger partial charge >= 0.3 is 0 Å². The third kappa shape index (κ3) is 3.49. The number of anilines is 1. The van der Waals surface area contributed by atoms with Gasteiger partial charge in [0.2, 0.25) is 5.95 Å². The minimum absolute atomic E-state index is 0.467. The van der Waals surface area contributed by atoms with Crippen LogP contribution in [0, 0.1) is 5.92 Å². The largest absolute Gasteiger partial charge is 0.353 e. The van der Waals surface area contributed by atoms with E-state index in [1.165, 1.54) is 24.8 Å². The molecule has 0 saturated carbocycles. The van der Waals surface area contributed by atoms with Gasteiger partial charge in [0.1, 0.15) is 0 Å². The summed E-state index contributed by atoms with van der Waals surface area (Å²) < 4.78 is 2.13. The van der Waals surface area contributed by atoms with E-state index in [4.69, 9.17) is 0 Å². The van der Waals surface area contributed by atoms with Crippen molar-refractivity contribution in [2.75, 3.05) is 5.32 Å². The maximum Gasteiger partial charge on any atom is 0.203 e. The maximum atomic E-state index is 4.65. The van der Waals surface area contributed by atoms with Crippen LogP contribution < -0.4 is 5.32 Å². The SMILES string of the molecule is CC(C)CCCC(C)Nc1nc2ccccc2n1C. The van der Waals surface area contributed by atoms with E-state index < -0.39 is 0 Å². The Kier molecular flexibility index (Phi) is 4.46. The summed E-state index contributed by atoms with van der Waals surface area (Å²) in [7, 11) is 2.07. The average molecular weight is 259 g/mol. The summed E-state index contributed by atoms with van der Waals surface area (Å²) >= 11 is 0. The molecule has 0 radical (unpaired) electrons. The number of fused-ring (bicyclic) bond motifs is 1. The van der Waals surface area contributed by atoms with Gasteiger partial charge in [-0.25, -0.2) is 4.98 Å². The summed E-state index contributed by atoms with van der Waals surface area (Å²) in [5.41, 5.74) is 2.24. The summed E-state index contributed by atoms with van der Waals surface area (Å²) in [6.45, 7) is 6.80. The van der Waals surface area contributed by atoms with Gasteiger partial charge in [-0.2, -0.15) is 0 Å². The average Bonchev–Trinajstić information content (AvgIpc) is 2.66. The zero-order valence-electron chi connectivity index (χ0n) is 12.5. The van der Waals surface area contributed by atoms with Crippen LogP contribution in [0.5, 0.6) is 0 Å². The van der Waals surface area contributed by atoms with E-state index in [1.807, 2.05) is 6.07 Å². The fourth-order valence-corrected chi connectivity index (χ4v) is 2.40. The van der Waals surface area contributed by atoms with Gasteiger partial charge in [-0.05, 0) is 31.4 Å². The first kappa shape index (κ1) is 13.9. The Morgan fingerprint density at radius 2 is 1.89 bits per heavy atom. The summed E-state index contributed by atoms with van der Waals surface area (Å²) in [6.07, 6.45) is 3.77. The molecule has 1 atom stereocenters. The highest BCUT2D eigenvalue weighted by molar-refractivity contribution is 5.78. The molecule has 0 aliphatic carbocycles. The maximum absolute atomic E-state index is 4.65. The molecule has 104 valence electrons. The summed E-state index contributed by atoms with van der Waals surface area (Å²) in [5, 5.41) is 3.53. The number of hydrogen-bond donors (Lipinski definition) is 1. The van der Waals surface area contributed by atoms with Gasteiger partial charge in [0, 0.05) is 13.1 Å². The molecule has 3 heteroatoms. The lowest BCUT2D eigenvalue weighted by Gasteiger charge is -2.15. The Bertz CT molecular complexity index is 528. The molecule has 0 aliphatic rings. The van der Waals surface area contributed by atoms with Crippen LogP contribution in [0.4, 0.5) is 5.95 Å². The molecular formula is C16H25N3. The lowest BCUT2D eigenvalue weighted by atomic mass is 10.0. The molecule has 1 unspecified atom stereocenters.